The lowest BCUT2D eigenvalue weighted by atomic mass is 10.0. The second kappa shape index (κ2) is 15.9. The third-order valence-corrected chi connectivity index (χ3v) is 5.45. The van der Waals surface area contributed by atoms with Gasteiger partial charge in [0, 0.05) is 11.6 Å². The zero-order chi connectivity index (χ0) is 27.0. The highest BCUT2D eigenvalue weighted by molar-refractivity contribution is 6.07. The molecular weight excluding hydrogens is 472 g/mol. The molecule has 2 aromatic rings. The monoisotopic (exact) mass is 506 g/mol. The number of unbranched alkanes of at least 4 members (excludes halogenated alkanes) is 3. The van der Waals surface area contributed by atoms with E-state index in [-0.39, 0.29) is 11.4 Å². The number of ketones is 1. The van der Waals surface area contributed by atoms with Crippen molar-refractivity contribution in [3.63, 3.8) is 0 Å². The quantitative estimate of drug-likeness (QED) is 0.109. The molecule has 7 heteroatoms. The van der Waals surface area contributed by atoms with Crippen LogP contribution in [0.25, 0.3) is 6.08 Å². The van der Waals surface area contributed by atoms with Gasteiger partial charge in [-0.3, -0.25) is 4.79 Å². The minimum Gasteiger partial charge on any atom is -0.494 e. The molecule has 0 atom stereocenters. The maximum Gasteiger partial charge on any atom is 0.335 e. The number of carbonyl (C=O) groups excluding carboxylic acids is 3. The molecule has 2 rings (SSSR count). The van der Waals surface area contributed by atoms with Crippen LogP contribution in [-0.2, 0) is 20.7 Å². The molecule has 0 bridgehead atoms. The van der Waals surface area contributed by atoms with Gasteiger partial charge in [-0.15, -0.1) is 0 Å². The van der Waals surface area contributed by atoms with Crippen molar-refractivity contribution in [2.24, 2.45) is 0 Å². The predicted molar refractivity (Wildman–Crippen MR) is 143 cm³/mol. The number of aliphatic hydroxyl groups is 1. The van der Waals surface area contributed by atoms with Gasteiger partial charge < -0.3 is 19.3 Å². The molecule has 0 amide bonds. The fourth-order valence-electron chi connectivity index (χ4n) is 3.33. The molecule has 0 saturated heterocycles. The van der Waals surface area contributed by atoms with E-state index < -0.39 is 18.5 Å². The summed E-state index contributed by atoms with van der Waals surface area (Å²) in [4.78, 5) is 35.2. The Morgan fingerprint density at radius 1 is 0.946 bits per heavy atom. The highest BCUT2D eigenvalue weighted by atomic mass is 16.5. The van der Waals surface area contributed by atoms with Gasteiger partial charge in [-0.2, -0.15) is 0 Å². The molecular formula is C30H34O7. The third kappa shape index (κ3) is 10.3. The zero-order valence-corrected chi connectivity index (χ0v) is 21.2. The molecule has 0 aliphatic carbocycles. The van der Waals surface area contributed by atoms with E-state index >= 15 is 0 Å². The van der Waals surface area contributed by atoms with Crippen LogP contribution in [-0.4, -0.2) is 42.6 Å². The number of esters is 2. The van der Waals surface area contributed by atoms with E-state index in [2.05, 4.69) is 13.2 Å². The summed E-state index contributed by atoms with van der Waals surface area (Å²) in [6, 6.07) is 12.2. The van der Waals surface area contributed by atoms with Gasteiger partial charge >= 0.3 is 11.9 Å². The average Bonchev–Trinajstić information content (AvgIpc) is 2.92. The molecule has 0 spiro atoms. The number of ether oxygens (including phenoxy) is 3. The first-order valence-corrected chi connectivity index (χ1v) is 12.3. The molecule has 0 fully saturated rings. The van der Waals surface area contributed by atoms with Crippen LogP contribution in [0.1, 0.15) is 54.1 Å². The second-order valence-corrected chi connectivity index (χ2v) is 8.22. The lowest BCUT2D eigenvalue weighted by Crippen LogP contribution is -2.10. The lowest BCUT2D eigenvalue weighted by molar-refractivity contribution is -0.139. The molecule has 0 heterocycles. The Morgan fingerprint density at radius 2 is 1.62 bits per heavy atom. The van der Waals surface area contributed by atoms with E-state index in [4.69, 9.17) is 19.3 Å². The van der Waals surface area contributed by atoms with Crippen LogP contribution in [0.2, 0.25) is 0 Å². The first kappa shape index (κ1) is 29.3. The number of benzene rings is 2. The van der Waals surface area contributed by atoms with Crippen LogP contribution in [0.4, 0.5) is 0 Å². The van der Waals surface area contributed by atoms with Crippen LogP contribution in [0.15, 0.2) is 73.3 Å². The molecule has 0 aliphatic heterocycles. The Morgan fingerprint density at radius 3 is 2.27 bits per heavy atom. The van der Waals surface area contributed by atoms with Crippen molar-refractivity contribution >= 4 is 23.8 Å². The molecule has 0 unspecified atom stereocenters. The molecule has 0 aliphatic rings. The van der Waals surface area contributed by atoms with Crippen LogP contribution in [0, 0.1) is 0 Å². The summed E-state index contributed by atoms with van der Waals surface area (Å²) in [5.41, 5.74) is 2.56. The Hall–Kier alpha value is -3.97. The van der Waals surface area contributed by atoms with Gasteiger partial charge in [0.05, 0.1) is 25.4 Å². The molecule has 37 heavy (non-hydrogen) atoms. The van der Waals surface area contributed by atoms with Gasteiger partial charge in [0.25, 0.3) is 0 Å². The number of hydrogen-bond donors (Lipinski definition) is 1. The number of allylic oxidation sites excluding steroid dienone is 1. The van der Waals surface area contributed by atoms with E-state index in [1.54, 1.807) is 30.3 Å². The number of aliphatic hydroxyl groups excluding tert-OH is 1. The number of rotatable bonds is 16. The standard InChI is InChI=1S/C30H34O7/c1-4-23-20-27(35-18-8-6-7-9-19-36-30(34)22(3)21-31)16-10-24(23)13-17-28(32)25-11-14-26(15-12-25)37-29(33)5-2/h5,10-17,20,31H,2-4,6-9,18-19,21H2,1H3/b17-13+. The lowest BCUT2D eigenvalue weighted by Gasteiger charge is -2.10. The predicted octanol–water partition coefficient (Wildman–Crippen LogP) is 5.27. The summed E-state index contributed by atoms with van der Waals surface area (Å²) in [6.07, 6.45) is 8.65. The summed E-state index contributed by atoms with van der Waals surface area (Å²) >= 11 is 0. The van der Waals surface area contributed by atoms with Gasteiger partial charge in [-0.05, 0) is 85.7 Å². The number of hydrogen-bond acceptors (Lipinski definition) is 7. The molecule has 7 nitrogen and oxygen atoms in total. The Balaban J connectivity index is 1.78. The minimum atomic E-state index is -0.555. The van der Waals surface area contributed by atoms with Crippen molar-refractivity contribution in [1.82, 2.24) is 0 Å². The normalized spacial score (nSPS) is 10.6. The molecule has 2 aromatic carbocycles. The minimum absolute atomic E-state index is 0.0629. The van der Waals surface area contributed by atoms with E-state index in [9.17, 15) is 14.4 Å². The van der Waals surface area contributed by atoms with Gasteiger partial charge in [0.15, 0.2) is 5.78 Å². The summed E-state index contributed by atoms with van der Waals surface area (Å²) in [6.45, 7) is 9.32. The third-order valence-electron chi connectivity index (χ3n) is 5.45. The van der Waals surface area contributed by atoms with Gasteiger partial charge in [0.1, 0.15) is 11.5 Å². The first-order chi connectivity index (χ1) is 17.9. The van der Waals surface area contributed by atoms with Crippen LogP contribution in [0.3, 0.4) is 0 Å². The van der Waals surface area contributed by atoms with Crippen molar-refractivity contribution < 1.29 is 33.7 Å². The molecule has 0 radical (unpaired) electrons. The summed E-state index contributed by atoms with van der Waals surface area (Å²) < 4.78 is 15.9. The van der Waals surface area contributed by atoms with Crippen molar-refractivity contribution in [1.29, 1.82) is 0 Å². The van der Waals surface area contributed by atoms with Crippen LogP contribution in [0.5, 0.6) is 11.5 Å². The van der Waals surface area contributed by atoms with Crippen LogP contribution >= 0.6 is 0 Å². The second-order valence-electron chi connectivity index (χ2n) is 8.22. The van der Waals surface area contributed by atoms with Crippen LogP contribution < -0.4 is 9.47 Å². The Bertz CT molecular complexity index is 1110. The molecule has 196 valence electrons. The molecule has 1 N–H and O–H groups in total. The SMILES string of the molecule is C=CC(=O)Oc1ccc(C(=O)/C=C/c2ccc(OCCCCCCOC(=O)C(=C)CO)cc2CC)cc1. The summed E-state index contributed by atoms with van der Waals surface area (Å²) in [5.74, 6) is -0.137. The average molecular weight is 507 g/mol. The molecule has 0 saturated carbocycles. The van der Waals surface area contributed by atoms with E-state index in [1.165, 1.54) is 6.08 Å². The highest BCUT2D eigenvalue weighted by Gasteiger charge is 2.07. The fourth-order valence-corrected chi connectivity index (χ4v) is 3.33. The number of carbonyl (C=O) groups is 3. The van der Waals surface area contributed by atoms with Crippen molar-refractivity contribution in [3.05, 3.63) is 90.0 Å². The fraction of sp³-hybridized carbons (Fsp3) is 0.300. The highest BCUT2D eigenvalue weighted by Crippen LogP contribution is 2.21. The van der Waals surface area contributed by atoms with Gasteiger partial charge in [-0.25, -0.2) is 9.59 Å². The van der Waals surface area contributed by atoms with Gasteiger partial charge in [0.2, 0.25) is 0 Å². The summed E-state index contributed by atoms with van der Waals surface area (Å²) in [5, 5.41) is 8.83. The van der Waals surface area contributed by atoms with Crippen molar-refractivity contribution in [3.8, 4) is 11.5 Å². The smallest absolute Gasteiger partial charge is 0.335 e. The number of aryl methyl sites for hydroxylation is 1. The maximum absolute atomic E-state index is 12.5. The van der Waals surface area contributed by atoms with Crippen molar-refractivity contribution in [2.75, 3.05) is 19.8 Å². The Kier molecular flexibility index (Phi) is 12.6. The van der Waals surface area contributed by atoms with Crippen molar-refractivity contribution in [2.45, 2.75) is 39.0 Å². The first-order valence-electron chi connectivity index (χ1n) is 12.3. The van der Waals surface area contributed by atoms with E-state index in [0.717, 1.165) is 55.1 Å². The Labute approximate surface area is 218 Å². The van der Waals surface area contributed by atoms with E-state index in [0.29, 0.717) is 24.5 Å². The topological polar surface area (TPSA) is 99.1 Å². The molecule has 0 aromatic heterocycles. The largest absolute Gasteiger partial charge is 0.494 e. The summed E-state index contributed by atoms with van der Waals surface area (Å²) in [7, 11) is 0. The van der Waals surface area contributed by atoms with E-state index in [1.807, 2.05) is 25.1 Å². The zero-order valence-electron chi connectivity index (χ0n) is 21.2. The maximum atomic E-state index is 12.5. The van der Waals surface area contributed by atoms with Gasteiger partial charge in [-0.1, -0.05) is 32.2 Å².